The number of rotatable bonds is 8. The van der Waals surface area contributed by atoms with E-state index in [9.17, 15) is 9.59 Å². The van der Waals surface area contributed by atoms with E-state index >= 15 is 0 Å². The van der Waals surface area contributed by atoms with Crippen LogP contribution in [0.5, 0.6) is 0 Å². The molecule has 0 aliphatic carbocycles. The highest BCUT2D eigenvalue weighted by atomic mass is 16.5. The van der Waals surface area contributed by atoms with Gasteiger partial charge in [0.2, 0.25) is 0 Å². The molecule has 0 unspecified atom stereocenters. The number of ether oxygens (including phenoxy) is 1. The Bertz CT molecular complexity index is 463. The Kier molecular flexibility index (Phi) is 8.04. The lowest BCUT2D eigenvalue weighted by molar-refractivity contribution is -0.136. The maximum absolute atomic E-state index is 11.6. The van der Waals surface area contributed by atoms with Gasteiger partial charge in [0.1, 0.15) is 5.82 Å². The third-order valence-electron chi connectivity index (χ3n) is 2.73. The van der Waals surface area contributed by atoms with Gasteiger partial charge in [-0.1, -0.05) is 19.4 Å². The number of aromatic nitrogens is 1. The fourth-order valence-corrected chi connectivity index (χ4v) is 1.59. The van der Waals surface area contributed by atoms with Crippen molar-refractivity contribution in [1.82, 2.24) is 10.3 Å². The average Bonchev–Trinajstić information content (AvgIpc) is 2.46. The molecule has 0 radical (unpaired) electrons. The molecule has 0 atom stereocenters. The van der Waals surface area contributed by atoms with E-state index < -0.39 is 11.8 Å². The Hall–Kier alpha value is -1.95. The van der Waals surface area contributed by atoms with Crippen molar-refractivity contribution in [3.63, 3.8) is 0 Å². The molecule has 0 aromatic carbocycles. The first-order chi connectivity index (χ1) is 10.1. The molecule has 116 valence electrons. The quantitative estimate of drug-likeness (QED) is 0.564. The molecule has 0 fully saturated rings. The van der Waals surface area contributed by atoms with E-state index in [-0.39, 0.29) is 0 Å². The van der Waals surface area contributed by atoms with Gasteiger partial charge in [0.15, 0.2) is 0 Å². The summed E-state index contributed by atoms with van der Waals surface area (Å²) in [7, 11) is 0. The number of amides is 2. The van der Waals surface area contributed by atoms with Gasteiger partial charge >= 0.3 is 11.8 Å². The summed E-state index contributed by atoms with van der Waals surface area (Å²) in [6.45, 7) is 5.66. The molecule has 0 aliphatic heterocycles. The molecule has 1 aromatic rings. The molecule has 0 saturated heterocycles. The van der Waals surface area contributed by atoms with Crippen LogP contribution in [0.3, 0.4) is 0 Å². The molecule has 1 rings (SSSR count). The summed E-state index contributed by atoms with van der Waals surface area (Å²) in [6.07, 6.45) is 2.83. The summed E-state index contributed by atoms with van der Waals surface area (Å²) in [5.41, 5.74) is 0.775. The molecule has 0 spiro atoms. The van der Waals surface area contributed by atoms with Gasteiger partial charge in [-0.3, -0.25) is 9.59 Å². The number of unbranched alkanes of at least 4 members (excludes halogenated alkanes) is 1. The Morgan fingerprint density at radius 1 is 1.19 bits per heavy atom. The van der Waals surface area contributed by atoms with E-state index in [1.165, 1.54) is 0 Å². The lowest BCUT2D eigenvalue weighted by Crippen LogP contribution is -2.36. The van der Waals surface area contributed by atoms with Crippen molar-refractivity contribution in [1.29, 1.82) is 0 Å². The summed E-state index contributed by atoms with van der Waals surface area (Å²) in [4.78, 5) is 27.3. The number of hydrogen-bond donors (Lipinski definition) is 2. The first kappa shape index (κ1) is 17.1. The van der Waals surface area contributed by atoms with Crippen molar-refractivity contribution in [2.75, 3.05) is 25.1 Å². The maximum Gasteiger partial charge on any atom is 0.314 e. The zero-order chi connectivity index (χ0) is 15.5. The second kappa shape index (κ2) is 9.88. The monoisotopic (exact) mass is 293 g/mol. The van der Waals surface area contributed by atoms with Crippen LogP contribution in [-0.2, 0) is 14.3 Å². The molecule has 21 heavy (non-hydrogen) atoms. The smallest absolute Gasteiger partial charge is 0.314 e. The zero-order valence-corrected chi connectivity index (χ0v) is 12.6. The maximum atomic E-state index is 11.6. The van der Waals surface area contributed by atoms with Crippen molar-refractivity contribution in [2.45, 2.75) is 33.1 Å². The van der Waals surface area contributed by atoms with Crippen molar-refractivity contribution in [3.8, 4) is 0 Å². The van der Waals surface area contributed by atoms with E-state index in [0.29, 0.717) is 25.4 Å². The van der Waals surface area contributed by atoms with Gasteiger partial charge in [-0.15, -0.1) is 0 Å². The van der Waals surface area contributed by atoms with E-state index in [1.807, 2.05) is 13.0 Å². The van der Waals surface area contributed by atoms with Gasteiger partial charge in [0.05, 0.1) is 0 Å². The van der Waals surface area contributed by atoms with E-state index in [4.69, 9.17) is 4.74 Å². The molecule has 1 aromatic heterocycles. The van der Waals surface area contributed by atoms with Crippen molar-refractivity contribution < 1.29 is 14.3 Å². The van der Waals surface area contributed by atoms with Gasteiger partial charge in [0.25, 0.3) is 0 Å². The van der Waals surface area contributed by atoms with Gasteiger partial charge in [-0.25, -0.2) is 4.98 Å². The third kappa shape index (κ3) is 7.41. The SMILES string of the molecule is CCCCOCCCNC(=O)C(=O)Nc1cccc(C)n1. The number of pyridine rings is 1. The highest BCUT2D eigenvalue weighted by molar-refractivity contribution is 6.39. The Balaban J connectivity index is 2.18. The van der Waals surface area contributed by atoms with Crippen LogP contribution in [0.4, 0.5) is 5.82 Å². The fourth-order valence-electron chi connectivity index (χ4n) is 1.59. The second-order valence-electron chi connectivity index (χ2n) is 4.69. The lowest BCUT2D eigenvalue weighted by Gasteiger charge is -2.07. The number of carbonyl (C=O) groups is 2. The predicted octanol–water partition coefficient (Wildman–Crippen LogP) is 1.65. The number of anilines is 1. The highest BCUT2D eigenvalue weighted by Gasteiger charge is 2.13. The topological polar surface area (TPSA) is 80.3 Å². The van der Waals surface area contributed by atoms with E-state index in [0.717, 1.165) is 25.1 Å². The Labute approximate surface area is 125 Å². The molecule has 0 saturated carbocycles. The van der Waals surface area contributed by atoms with Crippen molar-refractivity contribution >= 4 is 17.6 Å². The first-order valence-electron chi connectivity index (χ1n) is 7.24. The summed E-state index contributed by atoms with van der Waals surface area (Å²) in [5.74, 6) is -0.995. The van der Waals surface area contributed by atoms with Gasteiger partial charge in [0, 0.05) is 25.5 Å². The standard InChI is InChI=1S/C15H23N3O3/c1-3-4-10-21-11-6-9-16-14(19)15(20)18-13-8-5-7-12(2)17-13/h5,7-8H,3-4,6,9-11H2,1-2H3,(H,16,19)(H,17,18,20). The Morgan fingerprint density at radius 3 is 2.67 bits per heavy atom. The summed E-state index contributed by atoms with van der Waals surface area (Å²) in [5, 5.41) is 5.01. The lowest BCUT2D eigenvalue weighted by atomic mass is 10.3. The predicted molar refractivity (Wildman–Crippen MR) is 81.0 cm³/mol. The summed E-state index contributed by atoms with van der Waals surface area (Å²) in [6, 6.07) is 5.22. The molecule has 0 aliphatic rings. The highest BCUT2D eigenvalue weighted by Crippen LogP contribution is 2.03. The number of aryl methyl sites for hydroxylation is 1. The minimum absolute atomic E-state index is 0.373. The zero-order valence-electron chi connectivity index (χ0n) is 12.6. The van der Waals surface area contributed by atoms with Crippen LogP contribution in [0.2, 0.25) is 0 Å². The Morgan fingerprint density at radius 2 is 1.95 bits per heavy atom. The van der Waals surface area contributed by atoms with Crippen LogP contribution in [-0.4, -0.2) is 36.6 Å². The van der Waals surface area contributed by atoms with Crippen LogP contribution in [0.15, 0.2) is 18.2 Å². The van der Waals surface area contributed by atoms with Crippen LogP contribution < -0.4 is 10.6 Å². The van der Waals surface area contributed by atoms with E-state index in [2.05, 4.69) is 22.5 Å². The molecule has 6 nitrogen and oxygen atoms in total. The summed E-state index contributed by atoms with van der Waals surface area (Å²) < 4.78 is 5.36. The number of nitrogens with one attached hydrogen (secondary N) is 2. The van der Waals surface area contributed by atoms with Crippen LogP contribution >= 0.6 is 0 Å². The minimum Gasteiger partial charge on any atom is -0.381 e. The molecule has 1 heterocycles. The average molecular weight is 293 g/mol. The second-order valence-corrected chi connectivity index (χ2v) is 4.69. The van der Waals surface area contributed by atoms with Crippen LogP contribution in [0.25, 0.3) is 0 Å². The fraction of sp³-hybridized carbons (Fsp3) is 0.533. The van der Waals surface area contributed by atoms with E-state index in [1.54, 1.807) is 12.1 Å². The normalized spacial score (nSPS) is 10.2. The molecular weight excluding hydrogens is 270 g/mol. The molecule has 6 heteroatoms. The number of carbonyl (C=O) groups excluding carboxylic acids is 2. The van der Waals surface area contributed by atoms with Crippen LogP contribution in [0.1, 0.15) is 31.9 Å². The van der Waals surface area contributed by atoms with Gasteiger partial charge in [-0.05, 0) is 31.9 Å². The molecule has 0 bridgehead atoms. The number of hydrogen-bond acceptors (Lipinski definition) is 4. The summed E-state index contributed by atoms with van der Waals surface area (Å²) >= 11 is 0. The van der Waals surface area contributed by atoms with Crippen molar-refractivity contribution in [3.05, 3.63) is 23.9 Å². The van der Waals surface area contributed by atoms with Crippen LogP contribution in [0, 0.1) is 6.92 Å². The third-order valence-corrected chi connectivity index (χ3v) is 2.73. The molecule has 2 amide bonds. The molecule has 2 N–H and O–H groups in total. The van der Waals surface area contributed by atoms with Gasteiger partial charge < -0.3 is 15.4 Å². The number of nitrogens with zero attached hydrogens (tertiary/aromatic N) is 1. The molecular formula is C15H23N3O3. The minimum atomic E-state index is -0.708. The first-order valence-corrected chi connectivity index (χ1v) is 7.24. The largest absolute Gasteiger partial charge is 0.381 e. The van der Waals surface area contributed by atoms with Gasteiger partial charge in [-0.2, -0.15) is 0 Å². The van der Waals surface area contributed by atoms with Crippen molar-refractivity contribution in [2.24, 2.45) is 0 Å².